The quantitative estimate of drug-likeness (QED) is 0.460. The van der Waals surface area contributed by atoms with Gasteiger partial charge in [0.15, 0.2) is 0 Å². The van der Waals surface area contributed by atoms with Crippen molar-refractivity contribution in [1.29, 1.82) is 0 Å². The number of hydrazine groups is 1. The number of nitrogens with one attached hydrogen (secondary N) is 2. The molecule has 0 radical (unpaired) electrons. The SMILES string of the molecule is COC(=O)C1(C(=O)NC(C)c2ccccc2)NN1C. The fourth-order valence-electron chi connectivity index (χ4n) is 1.97. The first kappa shape index (κ1) is 13.5. The molecule has 1 heterocycles. The molecular weight excluding hydrogens is 246 g/mol. The number of nitrogens with zero attached hydrogens (tertiary/aromatic N) is 1. The number of carbonyl (C=O) groups is 2. The van der Waals surface area contributed by atoms with E-state index < -0.39 is 17.5 Å². The molecule has 0 bridgehead atoms. The van der Waals surface area contributed by atoms with Gasteiger partial charge in [-0.3, -0.25) is 4.79 Å². The lowest BCUT2D eigenvalue weighted by molar-refractivity contribution is -0.149. The zero-order valence-corrected chi connectivity index (χ0v) is 11.1. The van der Waals surface area contributed by atoms with Gasteiger partial charge in [0.2, 0.25) is 0 Å². The van der Waals surface area contributed by atoms with Crippen molar-refractivity contribution in [2.45, 2.75) is 18.6 Å². The van der Waals surface area contributed by atoms with Gasteiger partial charge >= 0.3 is 5.97 Å². The van der Waals surface area contributed by atoms with E-state index >= 15 is 0 Å². The molecule has 3 atom stereocenters. The Bertz CT molecular complexity index is 491. The van der Waals surface area contributed by atoms with Crippen molar-refractivity contribution in [2.24, 2.45) is 0 Å². The van der Waals surface area contributed by atoms with Crippen molar-refractivity contribution in [3.8, 4) is 0 Å². The van der Waals surface area contributed by atoms with E-state index in [2.05, 4.69) is 15.5 Å². The van der Waals surface area contributed by atoms with Crippen LogP contribution in [0.4, 0.5) is 0 Å². The highest BCUT2D eigenvalue weighted by atomic mass is 16.5. The molecule has 3 unspecified atom stereocenters. The van der Waals surface area contributed by atoms with E-state index in [1.807, 2.05) is 37.3 Å². The number of carbonyl (C=O) groups excluding carboxylic acids is 2. The minimum absolute atomic E-state index is 0.189. The van der Waals surface area contributed by atoms with Crippen LogP contribution >= 0.6 is 0 Å². The van der Waals surface area contributed by atoms with Crippen LogP contribution in [0.5, 0.6) is 0 Å². The maximum atomic E-state index is 12.2. The number of rotatable bonds is 4. The molecular formula is C13H17N3O3. The zero-order valence-electron chi connectivity index (χ0n) is 11.1. The maximum absolute atomic E-state index is 12.2. The number of hydrogen-bond acceptors (Lipinski definition) is 5. The fraction of sp³-hybridized carbons (Fsp3) is 0.385. The topological polar surface area (TPSA) is 80.4 Å². The minimum atomic E-state index is -1.39. The highest BCUT2D eigenvalue weighted by molar-refractivity contribution is 6.09. The number of esters is 1. The third-order valence-corrected chi connectivity index (χ3v) is 3.24. The van der Waals surface area contributed by atoms with E-state index in [0.717, 1.165) is 5.56 Å². The summed E-state index contributed by atoms with van der Waals surface area (Å²) in [5.74, 6) is -1.04. The van der Waals surface area contributed by atoms with Crippen molar-refractivity contribution >= 4 is 11.9 Å². The van der Waals surface area contributed by atoms with Crippen LogP contribution in [0.2, 0.25) is 0 Å². The third kappa shape index (κ3) is 2.32. The standard InChI is InChI=1S/C13H17N3O3/c1-9(10-7-5-4-6-8-10)14-11(17)13(12(18)19-3)15-16(13)2/h4-9,15H,1-3H3,(H,14,17). The van der Waals surface area contributed by atoms with Gasteiger partial charge in [-0.25, -0.2) is 15.2 Å². The molecule has 1 amide bonds. The summed E-state index contributed by atoms with van der Waals surface area (Å²) in [6, 6.07) is 9.35. The molecule has 1 aliphatic rings. The average Bonchev–Trinajstić information content (AvgIpc) is 3.11. The Balaban J connectivity index is 2.08. The number of benzene rings is 1. The Kier molecular flexibility index (Phi) is 3.55. The Morgan fingerprint density at radius 2 is 1.95 bits per heavy atom. The molecule has 0 saturated carbocycles. The lowest BCUT2D eigenvalue weighted by Gasteiger charge is -2.17. The van der Waals surface area contributed by atoms with E-state index in [4.69, 9.17) is 0 Å². The summed E-state index contributed by atoms with van der Waals surface area (Å²) in [7, 11) is 2.87. The summed E-state index contributed by atoms with van der Waals surface area (Å²) >= 11 is 0. The van der Waals surface area contributed by atoms with Crippen molar-refractivity contribution in [3.05, 3.63) is 35.9 Å². The van der Waals surface area contributed by atoms with Crippen molar-refractivity contribution in [3.63, 3.8) is 0 Å². The van der Waals surface area contributed by atoms with E-state index in [1.54, 1.807) is 7.05 Å². The lowest BCUT2D eigenvalue weighted by Crippen LogP contribution is -2.48. The second-order valence-electron chi connectivity index (χ2n) is 4.48. The van der Waals surface area contributed by atoms with Crippen LogP contribution < -0.4 is 10.7 Å². The van der Waals surface area contributed by atoms with Crippen molar-refractivity contribution in [2.75, 3.05) is 14.2 Å². The number of ether oxygens (including phenoxy) is 1. The van der Waals surface area contributed by atoms with Crippen LogP contribution in [0.15, 0.2) is 30.3 Å². The van der Waals surface area contributed by atoms with Crippen LogP contribution in [0, 0.1) is 0 Å². The largest absolute Gasteiger partial charge is 0.466 e. The van der Waals surface area contributed by atoms with E-state index in [9.17, 15) is 9.59 Å². The molecule has 102 valence electrons. The number of methoxy groups -OCH3 is 1. The summed E-state index contributed by atoms with van der Waals surface area (Å²) in [5.41, 5.74) is 2.28. The zero-order chi connectivity index (χ0) is 14.0. The molecule has 1 aromatic carbocycles. The van der Waals surface area contributed by atoms with Gasteiger partial charge in [-0.05, 0) is 12.5 Å². The normalized spacial score (nSPS) is 26.4. The Hall–Kier alpha value is -1.92. The van der Waals surface area contributed by atoms with Gasteiger partial charge in [0.05, 0.1) is 13.2 Å². The van der Waals surface area contributed by atoms with Gasteiger partial charge in [0.25, 0.3) is 11.6 Å². The number of likely N-dealkylation sites (N-methyl/N-ethyl adjacent to an activating group) is 1. The number of amides is 1. The van der Waals surface area contributed by atoms with Crippen LogP contribution in [-0.2, 0) is 14.3 Å². The maximum Gasteiger partial charge on any atom is 0.354 e. The van der Waals surface area contributed by atoms with Gasteiger partial charge in [-0.2, -0.15) is 0 Å². The van der Waals surface area contributed by atoms with Crippen LogP contribution in [0.3, 0.4) is 0 Å². The monoisotopic (exact) mass is 263 g/mol. The van der Waals surface area contributed by atoms with Gasteiger partial charge in [0, 0.05) is 7.05 Å². The molecule has 2 N–H and O–H groups in total. The van der Waals surface area contributed by atoms with Crippen molar-refractivity contribution < 1.29 is 14.3 Å². The van der Waals surface area contributed by atoms with E-state index in [0.29, 0.717) is 0 Å². The summed E-state index contributed by atoms with van der Waals surface area (Å²) in [5, 5.41) is 4.22. The first-order chi connectivity index (χ1) is 9.02. The smallest absolute Gasteiger partial charge is 0.354 e. The highest BCUT2D eigenvalue weighted by Crippen LogP contribution is 2.25. The predicted molar refractivity (Wildman–Crippen MR) is 68.6 cm³/mol. The molecule has 1 aromatic rings. The number of hydrogen-bond donors (Lipinski definition) is 2. The molecule has 1 aliphatic heterocycles. The summed E-state index contributed by atoms with van der Waals surface area (Å²) < 4.78 is 4.65. The first-order valence-corrected chi connectivity index (χ1v) is 5.98. The third-order valence-electron chi connectivity index (χ3n) is 3.24. The Morgan fingerprint density at radius 1 is 1.37 bits per heavy atom. The highest BCUT2D eigenvalue weighted by Gasteiger charge is 2.64. The molecule has 19 heavy (non-hydrogen) atoms. The first-order valence-electron chi connectivity index (χ1n) is 5.98. The predicted octanol–water partition coefficient (Wildman–Crippen LogP) is 0.183. The second-order valence-corrected chi connectivity index (χ2v) is 4.48. The van der Waals surface area contributed by atoms with E-state index in [-0.39, 0.29) is 6.04 Å². The molecule has 0 spiro atoms. The van der Waals surface area contributed by atoms with Gasteiger partial charge in [-0.15, -0.1) is 0 Å². The van der Waals surface area contributed by atoms with Gasteiger partial charge < -0.3 is 10.1 Å². The molecule has 6 nitrogen and oxygen atoms in total. The average molecular weight is 263 g/mol. The molecule has 0 aromatic heterocycles. The van der Waals surface area contributed by atoms with Crippen LogP contribution in [0.25, 0.3) is 0 Å². The summed E-state index contributed by atoms with van der Waals surface area (Å²) in [6.45, 7) is 1.86. The molecule has 1 saturated heterocycles. The molecule has 1 fully saturated rings. The van der Waals surface area contributed by atoms with E-state index in [1.165, 1.54) is 12.1 Å². The Morgan fingerprint density at radius 3 is 2.42 bits per heavy atom. The van der Waals surface area contributed by atoms with Gasteiger partial charge in [0.1, 0.15) is 0 Å². The minimum Gasteiger partial charge on any atom is -0.466 e. The van der Waals surface area contributed by atoms with Crippen LogP contribution in [0.1, 0.15) is 18.5 Å². The molecule has 2 rings (SSSR count). The Labute approximate surface area is 111 Å². The fourth-order valence-corrected chi connectivity index (χ4v) is 1.97. The van der Waals surface area contributed by atoms with Crippen molar-refractivity contribution in [1.82, 2.24) is 15.8 Å². The second kappa shape index (κ2) is 4.99. The van der Waals surface area contributed by atoms with Gasteiger partial charge in [-0.1, -0.05) is 30.3 Å². The van der Waals surface area contributed by atoms with Crippen LogP contribution in [-0.4, -0.2) is 36.7 Å². The molecule has 6 heteroatoms. The molecule has 0 aliphatic carbocycles. The lowest BCUT2D eigenvalue weighted by atomic mass is 10.1. The summed E-state index contributed by atoms with van der Waals surface area (Å²) in [4.78, 5) is 23.9. The summed E-state index contributed by atoms with van der Waals surface area (Å²) in [6.07, 6.45) is 0.